The molecule has 0 bridgehead atoms. The normalized spacial score (nSPS) is 16.7. The molecule has 0 radical (unpaired) electrons. The smallest absolute Gasteiger partial charge is 0.347 e. The van der Waals surface area contributed by atoms with E-state index in [1.54, 1.807) is 25.6 Å². The van der Waals surface area contributed by atoms with Crippen molar-refractivity contribution in [2.75, 3.05) is 19.0 Å². The second-order valence-corrected chi connectivity index (χ2v) is 6.75. The van der Waals surface area contributed by atoms with Crippen molar-refractivity contribution in [2.45, 2.75) is 44.0 Å². The van der Waals surface area contributed by atoms with Crippen LogP contribution in [-0.2, 0) is 19.1 Å². The molecule has 0 saturated carbocycles. The fraction of sp³-hybridized carbons (Fsp3) is 0.474. The Hall–Kier alpha value is -1.95. The highest BCUT2D eigenvalue weighted by Gasteiger charge is 2.29. The van der Waals surface area contributed by atoms with E-state index in [4.69, 9.17) is 9.47 Å². The summed E-state index contributed by atoms with van der Waals surface area (Å²) in [6.45, 7) is 3.89. The van der Waals surface area contributed by atoms with Crippen molar-refractivity contribution in [2.24, 2.45) is 0 Å². The van der Waals surface area contributed by atoms with Gasteiger partial charge in [0, 0.05) is 22.4 Å². The monoisotopic (exact) mass is 363 g/mol. The first-order valence-corrected chi connectivity index (χ1v) is 9.66. The van der Waals surface area contributed by atoms with E-state index in [1.165, 1.54) is 4.90 Å². The summed E-state index contributed by atoms with van der Waals surface area (Å²) in [6.07, 6.45) is 2.58. The molecule has 1 atom stereocenters. The Bertz CT molecular complexity index is 595. The Morgan fingerprint density at radius 2 is 1.76 bits per heavy atom. The van der Waals surface area contributed by atoms with E-state index in [0.717, 1.165) is 18.6 Å². The molecule has 6 heteroatoms. The summed E-state index contributed by atoms with van der Waals surface area (Å²) in [5, 5.41) is 3.36. The Balaban J connectivity index is 2.09. The lowest BCUT2D eigenvalue weighted by molar-refractivity contribution is -0.146. The third-order valence-electron chi connectivity index (χ3n) is 3.81. The van der Waals surface area contributed by atoms with E-state index < -0.39 is 11.9 Å². The molecule has 1 aliphatic heterocycles. The summed E-state index contributed by atoms with van der Waals surface area (Å²) in [4.78, 5) is 25.6. The van der Waals surface area contributed by atoms with E-state index in [0.29, 0.717) is 12.1 Å². The van der Waals surface area contributed by atoms with Gasteiger partial charge in [0.15, 0.2) is 5.57 Å². The van der Waals surface area contributed by atoms with Crippen LogP contribution in [0.4, 0.5) is 0 Å². The fourth-order valence-corrected chi connectivity index (χ4v) is 3.68. The van der Waals surface area contributed by atoms with Gasteiger partial charge in [-0.1, -0.05) is 18.2 Å². The molecule has 0 amide bonds. The Kier molecular flexibility index (Phi) is 7.85. The topological polar surface area (TPSA) is 64.6 Å². The second-order valence-electron chi connectivity index (χ2n) is 5.65. The zero-order chi connectivity index (χ0) is 18.1. The van der Waals surface area contributed by atoms with Gasteiger partial charge in [-0.15, -0.1) is 11.8 Å². The maximum absolute atomic E-state index is 12.2. The van der Waals surface area contributed by atoms with Crippen molar-refractivity contribution in [3.63, 3.8) is 0 Å². The molecule has 0 aliphatic carbocycles. The van der Waals surface area contributed by atoms with Gasteiger partial charge in [-0.3, -0.25) is 0 Å². The van der Waals surface area contributed by atoms with Gasteiger partial charge in [-0.25, -0.2) is 9.59 Å². The molecule has 1 aromatic carbocycles. The van der Waals surface area contributed by atoms with E-state index >= 15 is 0 Å². The average molecular weight is 363 g/mol. The molecule has 1 aliphatic rings. The van der Waals surface area contributed by atoms with E-state index in [2.05, 4.69) is 17.4 Å². The number of nitrogens with one attached hydrogen (secondary N) is 1. The first-order valence-electron chi connectivity index (χ1n) is 8.67. The molecule has 1 saturated heterocycles. The number of rotatable bonds is 7. The number of hydrogen-bond donors (Lipinski definition) is 1. The summed E-state index contributed by atoms with van der Waals surface area (Å²) in [7, 11) is 0. The predicted octanol–water partition coefficient (Wildman–Crippen LogP) is 3.30. The lowest BCUT2D eigenvalue weighted by atomic mass is 10.00. The van der Waals surface area contributed by atoms with Crippen LogP contribution >= 0.6 is 11.8 Å². The lowest BCUT2D eigenvalue weighted by Gasteiger charge is -2.28. The molecule has 1 heterocycles. The molecule has 1 fully saturated rings. The summed E-state index contributed by atoms with van der Waals surface area (Å²) in [5.41, 5.74) is 0.653. The summed E-state index contributed by atoms with van der Waals surface area (Å²) in [6, 6.07) is 10.4. The Morgan fingerprint density at radius 3 is 2.36 bits per heavy atom. The quantitative estimate of drug-likeness (QED) is 0.264. The molecule has 5 nitrogen and oxygen atoms in total. The largest absolute Gasteiger partial charge is 0.462 e. The number of piperidine rings is 1. The van der Waals surface area contributed by atoms with Crippen LogP contribution in [0.25, 0.3) is 0 Å². The number of benzene rings is 1. The van der Waals surface area contributed by atoms with Gasteiger partial charge >= 0.3 is 11.9 Å². The van der Waals surface area contributed by atoms with Crippen LogP contribution in [0.15, 0.2) is 46.5 Å². The molecule has 0 aromatic heterocycles. The molecule has 25 heavy (non-hydrogen) atoms. The standard InChI is InChI=1S/C19H25NO4S/c1-3-23-18(21)17(19(22)24-4-2)16-12-8-9-14(20-16)13-25-15-10-6-5-7-11-15/h5-7,10-11,14,20H,3-4,8-9,12-13H2,1-2H3. The molecule has 0 spiro atoms. The maximum Gasteiger partial charge on any atom is 0.347 e. The highest BCUT2D eigenvalue weighted by Crippen LogP contribution is 2.25. The fourth-order valence-electron chi connectivity index (χ4n) is 2.69. The number of thioether (sulfide) groups is 1. The van der Waals surface area contributed by atoms with E-state index in [9.17, 15) is 9.59 Å². The number of esters is 2. The van der Waals surface area contributed by atoms with Crippen LogP contribution in [0.2, 0.25) is 0 Å². The van der Waals surface area contributed by atoms with Gasteiger partial charge < -0.3 is 14.8 Å². The first-order chi connectivity index (χ1) is 12.2. The minimum Gasteiger partial charge on any atom is -0.462 e. The van der Waals surface area contributed by atoms with Crippen molar-refractivity contribution in [1.29, 1.82) is 0 Å². The summed E-state index contributed by atoms with van der Waals surface area (Å²) >= 11 is 1.76. The molecule has 1 N–H and O–H groups in total. The van der Waals surface area contributed by atoms with Crippen LogP contribution in [-0.4, -0.2) is 36.9 Å². The van der Waals surface area contributed by atoms with Gasteiger partial charge in [-0.2, -0.15) is 0 Å². The van der Waals surface area contributed by atoms with Crippen LogP contribution in [0, 0.1) is 0 Å². The Labute approximate surface area is 153 Å². The van der Waals surface area contributed by atoms with E-state index in [-0.39, 0.29) is 24.8 Å². The summed E-state index contributed by atoms with van der Waals surface area (Å²) in [5.74, 6) is -0.355. The zero-order valence-corrected chi connectivity index (χ0v) is 15.6. The molecular weight excluding hydrogens is 338 g/mol. The van der Waals surface area contributed by atoms with Gasteiger partial charge in [0.1, 0.15) is 0 Å². The van der Waals surface area contributed by atoms with Gasteiger partial charge in [0.2, 0.25) is 0 Å². The van der Waals surface area contributed by atoms with Crippen molar-refractivity contribution in [3.05, 3.63) is 41.6 Å². The molecule has 2 rings (SSSR count). The van der Waals surface area contributed by atoms with Crippen molar-refractivity contribution in [1.82, 2.24) is 5.32 Å². The molecule has 1 aromatic rings. The highest BCUT2D eigenvalue weighted by molar-refractivity contribution is 7.99. The number of ether oxygens (including phenoxy) is 2. The van der Waals surface area contributed by atoms with Crippen LogP contribution in [0.5, 0.6) is 0 Å². The third kappa shape index (κ3) is 5.81. The molecule has 1 unspecified atom stereocenters. The molecule has 136 valence electrons. The van der Waals surface area contributed by atoms with Gasteiger partial charge in [-0.05, 0) is 45.2 Å². The number of hydrogen-bond acceptors (Lipinski definition) is 6. The Morgan fingerprint density at radius 1 is 1.12 bits per heavy atom. The average Bonchev–Trinajstić information content (AvgIpc) is 2.62. The minimum absolute atomic E-state index is 0.0121. The number of carbonyl (C=O) groups excluding carboxylic acids is 2. The number of carbonyl (C=O) groups is 2. The number of allylic oxidation sites excluding steroid dienone is 1. The van der Waals surface area contributed by atoms with Crippen LogP contribution < -0.4 is 5.32 Å². The zero-order valence-electron chi connectivity index (χ0n) is 14.7. The van der Waals surface area contributed by atoms with Gasteiger partial charge in [0.05, 0.1) is 13.2 Å². The van der Waals surface area contributed by atoms with Crippen LogP contribution in [0.3, 0.4) is 0 Å². The SMILES string of the molecule is CCOC(=O)C(C(=O)OCC)=C1CCCC(CSc2ccccc2)N1. The van der Waals surface area contributed by atoms with Crippen LogP contribution in [0.1, 0.15) is 33.1 Å². The highest BCUT2D eigenvalue weighted by atomic mass is 32.2. The predicted molar refractivity (Wildman–Crippen MR) is 98.2 cm³/mol. The minimum atomic E-state index is -0.611. The third-order valence-corrected chi connectivity index (χ3v) is 4.99. The second kappa shape index (κ2) is 10.1. The van der Waals surface area contributed by atoms with Gasteiger partial charge in [0.25, 0.3) is 0 Å². The van der Waals surface area contributed by atoms with Crippen molar-refractivity contribution >= 4 is 23.7 Å². The first kappa shape index (κ1) is 19.4. The van der Waals surface area contributed by atoms with E-state index in [1.807, 2.05) is 18.2 Å². The summed E-state index contributed by atoms with van der Waals surface area (Å²) < 4.78 is 10.1. The molecular formula is C19H25NO4S. The maximum atomic E-state index is 12.2. The lowest BCUT2D eigenvalue weighted by Crippen LogP contribution is -2.37. The van der Waals surface area contributed by atoms with Crippen molar-refractivity contribution < 1.29 is 19.1 Å². The van der Waals surface area contributed by atoms with Crippen molar-refractivity contribution in [3.8, 4) is 0 Å².